The molecule has 0 spiro atoms. The number of aromatic carboxylic acids is 1. The summed E-state index contributed by atoms with van der Waals surface area (Å²) in [5, 5.41) is 12.8. The number of hydrogen-bond donors (Lipinski definition) is 2. The van der Waals surface area contributed by atoms with Crippen LogP contribution in [-0.4, -0.2) is 16.1 Å². The minimum Gasteiger partial charge on any atom is -0.478 e. The summed E-state index contributed by atoms with van der Waals surface area (Å²) in [5.74, 6) is -0.365. The molecule has 0 atom stereocenters. The van der Waals surface area contributed by atoms with Gasteiger partial charge < -0.3 is 10.4 Å². The molecule has 1 heterocycles. The first kappa shape index (κ1) is 14.3. The van der Waals surface area contributed by atoms with Crippen LogP contribution in [-0.2, 0) is 5.54 Å². The highest BCUT2D eigenvalue weighted by atomic mass is 35.5. The zero-order valence-electron chi connectivity index (χ0n) is 11.2. The number of rotatable bonds is 4. The monoisotopic (exact) mass is 290 g/mol. The van der Waals surface area contributed by atoms with Crippen LogP contribution in [0.25, 0.3) is 0 Å². The van der Waals surface area contributed by atoms with Gasteiger partial charge in [-0.3, -0.25) is 0 Å². The van der Waals surface area contributed by atoms with Gasteiger partial charge in [-0.25, -0.2) is 9.78 Å². The van der Waals surface area contributed by atoms with Crippen LogP contribution in [0.15, 0.2) is 42.6 Å². The van der Waals surface area contributed by atoms with E-state index in [1.165, 1.54) is 12.3 Å². The van der Waals surface area contributed by atoms with Crippen molar-refractivity contribution in [2.24, 2.45) is 0 Å². The van der Waals surface area contributed by atoms with E-state index >= 15 is 0 Å². The van der Waals surface area contributed by atoms with Crippen LogP contribution in [0.3, 0.4) is 0 Å². The van der Waals surface area contributed by atoms with Crippen molar-refractivity contribution in [1.82, 2.24) is 4.98 Å². The Hall–Kier alpha value is -2.07. The lowest BCUT2D eigenvalue weighted by Gasteiger charge is -2.27. The Morgan fingerprint density at radius 3 is 2.35 bits per heavy atom. The normalized spacial score (nSPS) is 11.2. The molecule has 0 saturated heterocycles. The molecule has 4 nitrogen and oxygen atoms in total. The molecular weight excluding hydrogens is 276 g/mol. The van der Waals surface area contributed by atoms with Crippen molar-refractivity contribution in [2.45, 2.75) is 19.4 Å². The van der Waals surface area contributed by atoms with E-state index in [0.717, 1.165) is 5.56 Å². The average Bonchev–Trinajstić information content (AvgIpc) is 2.39. The van der Waals surface area contributed by atoms with Crippen molar-refractivity contribution >= 4 is 23.4 Å². The smallest absolute Gasteiger partial charge is 0.337 e. The number of carboxylic acids is 1. The maximum atomic E-state index is 10.8. The summed E-state index contributed by atoms with van der Waals surface area (Å²) in [6.45, 7) is 4.03. The zero-order valence-corrected chi connectivity index (χ0v) is 12.0. The number of benzene rings is 1. The van der Waals surface area contributed by atoms with Gasteiger partial charge in [0.1, 0.15) is 5.82 Å². The molecule has 1 aromatic heterocycles. The van der Waals surface area contributed by atoms with E-state index in [4.69, 9.17) is 16.7 Å². The number of nitrogens with zero attached hydrogens (tertiary/aromatic N) is 1. The van der Waals surface area contributed by atoms with E-state index in [0.29, 0.717) is 10.8 Å². The van der Waals surface area contributed by atoms with Gasteiger partial charge in [-0.05, 0) is 43.7 Å². The van der Waals surface area contributed by atoms with Crippen LogP contribution >= 0.6 is 11.6 Å². The molecule has 2 N–H and O–H groups in total. The van der Waals surface area contributed by atoms with E-state index in [1.54, 1.807) is 6.07 Å². The van der Waals surface area contributed by atoms with Gasteiger partial charge in [0.2, 0.25) is 0 Å². The lowest BCUT2D eigenvalue weighted by molar-refractivity contribution is 0.0696. The Labute approximate surface area is 122 Å². The highest BCUT2D eigenvalue weighted by Crippen LogP contribution is 2.25. The Morgan fingerprint density at radius 2 is 1.85 bits per heavy atom. The topological polar surface area (TPSA) is 62.2 Å². The molecule has 0 aliphatic carbocycles. The summed E-state index contributed by atoms with van der Waals surface area (Å²) < 4.78 is 0. The quantitative estimate of drug-likeness (QED) is 0.899. The highest BCUT2D eigenvalue weighted by molar-refractivity contribution is 6.30. The number of carboxylic acid groups (broad SMARTS) is 1. The molecule has 104 valence electrons. The molecular formula is C15H15ClN2O2. The number of nitrogens with one attached hydrogen (secondary N) is 1. The zero-order chi connectivity index (χ0) is 14.8. The van der Waals surface area contributed by atoms with E-state index < -0.39 is 5.97 Å². The second-order valence-electron chi connectivity index (χ2n) is 4.99. The molecule has 2 rings (SSSR count). The van der Waals surface area contributed by atoms with Crippen LogP contribution in [0.4, 0.5) is 5.82 Å². The van der Waals surface area contributed by atoms with Gasteiger partial charge in [0, 0.05) is 11.2 Å². The van der Waals surface area contributed by atoms with E-state index in [-0.39, 0.29) is 11.1 Å². The minimum atomic E-state index is -0.985. The number of carbonyl (C=O) groups is 1. The summed E-state index contributed by atoms with van der Waals surface area (Å²) in [4.78, 5) is 14.9. The predicted molar refractivity (Wildman–Crippen MR) is 79.3 cm³/mol. The fraction of sp³-hybridized carbons (Fsp3) is 0.200. The molecule has 0 unspecified atom stereocenters. The van der Waals surface area contributed by atoms with Crippen molar-refractivity contribution in [3.05, 3.63) is 58.7 Å². The second kappa shape index (κ2) is 5.51. The van der Waals surface area contributed by atoms with Crippen LogP contribution in [0.2, 0.25) is 5.02 Å². The summed E-state index contributed by atoms with van der Waals surface area (Å²) in [6, 6.07) is 10.7. The van der Waals surface area contributed by atoms with Crippen molar-refractivity contribution in [3.8, 4) is 0 Å². The number of aromatic nitrogens is 1. The van der Waals surface area contributed by atoms with Crippen molar-refractivity contribution < 1.29 is 9.90 Å². The number of pyridine rings is 1. The molecule has 0 amide bonds. The molecule has 20 heavy (non-hydrogen) atoms. The van der Waals surface area contributed by atoms with Crippen LogP contribution in [0.5, 0.6) is 0 Å². The van der Waals surface area contributed by atoms with Crippen LogP contribution < -0.4 is 5.32 Å². The molecule has 0 aliphatic heterocycles. The first-order chi connectivity index (χ1) is 9.38. The van der Waals surface area contributed by atoms with Gasteiger partial charge >= 0.3 is 5.97 Å². The van der Waals surface area contributed by atoms with Crippen LogP contribution in [0.1, 0.15) is 29.8 Å². The first-order valence-corrected chi connectivity index (χ1v) is 6.50. The van der Waals surface area contributed by atoms with Gasteiger partial charge in [0.05, 0.1) is 11.1 Å². The van der Waals surface area contributed by atoms with Gasteiger partial charge in [0.15, 0.2) is 0 Å². The van der Waals surface area contributed by atoms with Gasteiger partial charge in [-0.1, -0.05) is 23.7 Å². The maximum Gasteiger partial charge on any atom is 0.337 e. The van der Waals surface area contributed by atoms with E-state index in [1.807, 2.05) is 38.1 Å². The fourth-order valence-corrected chi connectivity index (χ4v) is 1.98. The van der Waals surface area contributed by atoms with Crippen molar-refractivity contribution in [2.75, 3.05) is 5.32 Å². The van der Waals surface area contributed by atoms with Gasteiger partial charge in [0.25, 0.3) is 0 Å². The van der Waals surface area contributed by atoms with Crippen LogP contribution in [0, 0.1) is 0 Å². The summed E-state index contributed by atoms with van der Waals surface area (Å²) in [6.07, 6.45) is 1.34. The molecule has 0 bridgehead atoms. The van der Waals surface area contributed by atoms with Gasteiger partial charge in [-0.2, -0.15) is 0 Å². The summed E-state index contributed by atoms with van der Waals surface area (Å²) in [7, 11) is 0. The number of halogens is 1. The number of hydrogen-bond acceptors (Lipinski definition) is 3. The largest absolute Gasteiger partial charge is 0.478 e. The van der Waals surface area contributed by atoms with Crippen molar-refractivity contribution in [1.29, 1.82) is 0 Å². The SMILES string of the molecule is CC(C)(Nc1ccc(C(=O)O)cn1)c1ccc(Cl)cc1. The number of anilines is 1. The minimum absolute atomic E-state index is 0.167. The first-order valence-electron chi connectivity index (χ1n) is 6.12. The maximum absolute atomic E-state index is 10.8. The average molecular weight is 291 g/mol. The second-order valence-corrected chi connectivity index (χ2v) is 5.43. The third-order valence-electron chi connectivity index (χ3n) is 3.02. The lowest BCUT2D eigenvalue weighted by Crippen LogP contribution is -2.28. The molecule has 0 aliphatic rings. The van der Waals surface area contributed by atoms with E-state index in [9.17, 15) is 4.79 Å². The third-order valence-corrected chi connectivity index (χ3v) is 3.27. The standard InChI is InChI=1S/C15H15ClN2O2/c1-15(2,11-4-6-12(16)7-5-11)18-13-8-3-10(9-17-13)14(19)20/h3-9H,1-2H3,(H,17,18)(H,19,20). The Kier molecular flexibility index (Phi) is 3.95. The van der Waals surface area contributed by atoms with Crippen molar-refractivity contribution in [3.63, 3.8) is 0 Å². The Bertz CT molecular complexity index is 607. The van der Waals surface area contributed by atoms with E-state index in [2.05, 4.69) is 10.3 Å². The molecule has 5 heteroatoms. The lowest BCUT2D eigenvalue weighted by atomic mass is 9.94. The molecule has 0 saturated carbocycles. The summed E-state index contributed by atoms with van der Waals surface area (Å²) >= 11 is 5.88. The van der Waals surface area contributed by atoms with Gasteiger partial charge in [-0.15, -0.1) is 0 Å². The fourth-order valence-electron chi connectivity index (χ4n) is 1.85. The predicted octanol–water partition coefficient (Wildman–Crippen LogP) is 3.78. The Balaban J connectivity index is 2.19. The molecule has 2 aromatic rings. The highest BCUT2D eigenvalue weighted by Gasteiger charge is 2.20. The molecule has 0 fully saturated rings. The third kappa shape index (κ3) is 3.27. The molecule has 0 radical (unpaired) electrons. The Morgan fingerprint density at radius 1 is 1.20 bits per heavy atom. The molecule has 1 aromatic carbocycles. The summed E-state index contributed by atoms with van der Waals surface area (Å²) in [5.41, 5.74) is 0.883.